The van der Waals surface area contributed by atoms with Crippen molar-refractivity contribution in [1.82, 2.24) is 4.98 Å². The first kappa shape index (κ1) is 15.7. The van der Waals surface area contributed by atoms with Gasteiger partial charge in [0, 0.05) is 25.0 Å². The smallest absolute Gasteiger partial charge is 0.526 e. The number of aromatic nitrogens is 1. The lowest BCUT2D eigenvalue weighted by Crippen LogP contribution is -2.35. The highest BCUT2D eigenvalue weighted by Crippen LogP contribution is 2.36. The fourth-order valence-corrected chi connectivity index (χ4v) is 2.91. The van der Waals surface area contributed by atoms with Crippen LogP contribution in [0.1, 0.15) is 33.6 Å². The van der Waals surface area contributed by atoms with Gasteiger partial charge < -0.3 is 15.4 Å². The molecule has 1 aromatic carbocycles. The zero-order valence-electron chi connectivity index (χ0n) is 13.0. The predicted molar refractivity (Wildman–Crippen MR) is 88.3 cm³/mol. The van der Waals surface area contributed by atoms with Crippen LogP contribution in [0.15, 0.2) is 36.5 Å². The maximum atomic E-state index is 12.4. The number of pyridine rings is 1. The largest absolute Gasteiger partial charge is 0.536 e. The van der Waals surface area contributed by atoms with Crippen LogP contribution in [0.2, 0.25) is 5.82 Å². The third-order valence-electron chi connectivity index (χ3n) is 4.21. The number of carbonyl (C=O) groups is 1. The van der Waals surface area contributed by atoms with Gasteiger partial charge in [-0.25, -0.2) is 0 Å². The Bertz CT molecular complexity index is 736. The lowest BCUT2D eigenvalue weighted by molar-refractivity contribution is 0.0970. The average Bonchev–Trinajstić information content (AvgIpc) is 2.56. The summed E-state index contributed by atoms with van der Waals surface area (Å²) in [4.78, 5) is 16.5. The molecule has 0 bridgehead atoms. The van der Waals surface area contributed by atoms with E-state index in [0.717, 1.165) is 22.4 Å². The van der Waals surface area contributed by atoms with Gasteiger partial charge in [0.15, 0.2) is 5.78 Å². The number of nitrogens with two attached hydrogens (primary N) is 1. The molecule has 0 amide bonds. The van der Waals surface area contributed by atoms with Crippen molar-refractivity contribution in [1.29, 1.82) is 0 Å². The molecule has 118 valence electrons. The number of para-hydroxylation sites is 1. The summed E-state index contributed by atoms with van der Waals surface area (Å²) in [5.41, 5.74) is 8.86. The Labute approximate surface area is 135 Å². The molecule has 0 saturated carbocycles. The van der Waals surface area contributed by atoms with Crippen LogP contribution in [0, 0.1) is 6.92 Å². The first-order valence-electron chi connectivity index (χ1n) is 7.70. The van der Waals surface area contributed by atoms with Gasteiger partial charge in [0.2, 0.25) is 0 Å². The monoisotopic (exact) mass is 310 g/mol. The van der Waals surface area contributed by atoms with E-state index < -0.39 is 7.12 Å². The Hall–Kier alpha value is -2.18. The third-order valence-corrected chi connectivity index (χ3v) is 4.21. The molecule has 1 aliphatic heterocycles. The molecule has 6 heteroatoms. The molecule has 2 aromatic rings. The second kappa shape index (κ2) is 6.52. The number of rotatable bonds is 4. The molecule has 1 atom stereocenters. The minimum absolute atomic E-state index is 0.107. The zero-order chi connectivity index (χ0) is 16.4. The summed E-state index contributed by atoms with van der Waals surface area (Å²) in [6.45, 7) is 2.31. The minimum Gasteiger partial charge on any atom is -0.536 e. The van der Waals surface area contributed by atoms with E-state index in [2.05, 4.69) is 4.98 Å². The van der Waals surface area contributed by atoms with Gasteiger partial charge in [0.1, 0.15) is 11.4 Å². The van der Waals surface area contributed by atoms with Gasteiger partial charge in [-0.15, -0.1) is 0 Å². The van der Waals surface area contributed by atoms with Crippen LogP contribution in [0.25, 0.3) is 0 Å². The molecule has 0 saturated heterocycles. The maximum Gasteiger partial charge on any atom is 0.526 e. The number of fused-ring (bicyclic) bond motifs is 1. The van der Waals surface area contributed by atoms with Gasteiger partial charge in [0.05, 0.1) is 0 Å². The molecule has 0 spiro atoms. The zero-order valence-corrected chi connectivity index (χ0v) is 13.0. The molecule has 3 rings (SSSR count). The predicted octanol–water partition coefficient (Wildman–Crippen LogP) is 1.91. The highest BCUT2D eigenvalue weighted by atomic mass is 16.5. The molecule has 3 N–H and O–H groups in total. The van der Waals surface area contributed by atoms with Crippen LogP contribution in [0.3, 0.4) is 0 Å². The fraction of sp³-hybridized carbons (Fsp3) is 0.294. The van der Waals surface area contributed by atoms with Crippen LogP contribution in [-0.2, 0) is 13.0 Å². The van der Waals surface area contributed by atoms with Gasteiger partial charge in [-0.1, -0.05) is 18.2 Å². The summed E-state index contributed by atoms with van der Waals surface area (Å²) >= 11 is 0. The van der Waals surface area contributed by atoms with Gasteiger partial charge >= 0.3 is 7.12 Å². The van der Waals surface area contributed by atoms with E-state index in [1.165, 1.54) is 0 Å². The van der Waals surface area contributed by atoms with Crippen molar-refractivity contribution in [3.05, 3.63) is 58.9 Å². The van der Waals surface area contributed by atoms with Crippen molar-refractivity contribution in [2.75, 3.05) is 0 Å². The minimum atomic E-state index is -0.981. The van der Waals surface area contributed by atoms with Crippen molar-refractivity contribution in [2.24, 2.45) is 5.73 Å². The highest BCUT2D eigenvalue weighted by Gasteiger charge is 2.36. The number of hydrogen-bond donors (Lipinski definition) is 2. The average molecular weight is 310 g/mol. The standard InChI is InChI=1S/C17H19BN2O3/c1-11-3-2-4-13-8-14(18(22)23-17(11)13)9-16(21)15-7-12(10-19)5-6-20-15/h2-7,14,22H,8-10,19H2,1H3. The normalized spacial score (nSPS) is 16.7. The van der Waals surface area contributed by atoms with Crippen LogP contribution < -0.4 is 10.4 Å². The number of nitrogens with zero attached hydrogens (tertiary/aromatic N) is 1. The SMILES string of the molecule is Cc1cccc2c1OB(O)C(CC(=O)c1cc(CN)ccn1)C2. The molecule has 5 nitrogen and oxygen atoms in total. The van der Waals surface area contributed by atoms with E-state index in [0.29, 0.717) is 18.7 Å². The van der Waals surface area contributed by atoms with Crippen LogP contribution >= 0.6 is 0 Å². The lowest BCUT2D eigenvalue weighted by atomic mass is 9.64. The number of ketones is 1. The molecule has 0 radical (unpaired) electrons. The van der Waals surface area contributed by atoms with E-state index in [-0.39, 0.29) is 18.0 Å². The van der Waals surface area contributed by atoms with Gasteiger partial charge in [0.25, 0.3) is 0 Å². The Morgan fingerprint density at radius 2 is 2.30 bits per heavy atom. The van der Waals surface area contributed by atoms with Crippen molar-refractivity contribution in [3.8, 4) is 5.75 Å². The van der Waals surface area contributed by atoms with E-state index in [4.69, 9.17) is 10.4 Å². The summed E-state index contributed by atoms with van der Waals surface area (Å²) in [5, 5.41) is 10.2. The lowest BCUT2D eigenvalue weighted by Gasteiger charge is -2.28. The van der Waals surface area contributed by atoms with E-state index in [9.17, 15) is 9.82 Å². The van der Waals surface area contributed by atoms with E-state index >= 15 is 0 Å². The number of aryl methyl sites for hydroxylation is 1. The third kappa shape index (κ3) is 3.28. The van der Waals surface area contributed by atoms with Gasteiger partial charge in [-0.05, 0) is 42.2 Å². The number of benzene rings is 1. The first-order chi connectivity index (χ1) is 11.1. The molecule has 1 aromatic heterocycles. The Morgan fingerprint density at radius 1 is 1.48 bits per heavy atom. The summed E-state index contributed by atoms with van der Waals surface area (Å²) in [6, 6.07) is 9.36. The second-order valence-electron chi connectivity index (χ2n) is 5.92. The molecule has 0 fully saturated rings. The number of carbonyl (C=O) groups excluding carboxylic acids is 1. The number of Topliss-reactive ketones (excluding diaryl/α,β-unsaturated/α-hetero) is 1. The van der Waals surface area contributed by atoms with E-state index in [1.807, 2.05) is 25.1 Å². The molecule has 1 unspecified atom stereocenters. The second-order valence-corrected chi connectivity index (χ2v) is 5.92. The summed E-state index contributed by atoms with van der Waals surface area (Å²) in [6.07, 6.45) is 2.39. The molecule has 23 heavy (non-hydrogen) atoms. The topological polar surface area (TPSA) is 85.4 Å². The molecule has 2 heterocycles. The van der Waals surface area contributed by atoms with Crippen LogP contribution in [-0.4, -0.2) is 22.9 Å². The maximum absolute atomic E-state index is 12.4. The molecular formula is C17H19BN2O3. The van der Waals surface area contributed by atoms with Crippen molar-refractivity contribution in [3.63, 3.8) is 0 Å². The Balaban J connectivity index is 1.76. The quantitative estimate of drug-likeness (QED) is 0.665. The first-order valence-corrected chi connectivity index (χ1v) is 7.70. The molecule has 1 aliphatic rings. The Morgan fingerprint density at radius 3 is 3.09 bits per heavy atom. The van der Waals surface area contributed by atoms with E-state index in [1.54, 1.807) is 18.3 Å². The van der Waals surface area contributed by atoms with Gasteiger partial charge in [-0.2, -0.15) is 0 Å². The summed E-state index contributed by atoms with van der Waals surface area (Å²) in [7, 11) is -0.981. The van der Waals surface area contributed by atoms with Gasteiger partial charge in [-0.3, -0.25) is 9.78 Å². The number of hydrogen-bond acceptors (Lipinski definition) is 5. The Kier molecular flexibility index (Phi) is 4.45. The molecular weight excluding hydrogens is 291 g/mol. The highest BCUT2D eigenvalue weighted by molar-refractivity contribution is 6.47. The van der Waals surface area contributed by atoms with Crippen molar-refractivity contribution in [2.45, 2.75) is 32.1 Å². The van der Waals surface area contributed by atoms with Crippen LogP contribution in [0.4, 0.5) is 0 Å². The fourth-order valence-electron chi connectivity index (χ4n) is 2.91. The van der Waals surface area contributed by atoms with Crippen molar-refractivity contribution >= 4 is 12.9 Å². The summed E-state index contributed by atoms with van der Waals surface area (Å²) in [5.74, 6) is 0.344. The summed E-state index contributed by atoms with van der Waals surface area (Å²) < 4.78 is 5.62. The van der Waals surface area contributed by atoms with Crippen molar-refractivity contribution < 1.29 is 14.5 Å². The van der Waals surface area contributed by atoms with Crippen LogP contribution in [0.5, 0.6) is 5.75 Å². The molecule has 0 aliphatic carbocycles.